The van der Waals surface area contributed by atoms with Gasteiger partial charge < -0.3 is 24.7 Å². The minimum absolute atomic E-state index is 0.122. The van der Waals surface area contributed by atoms with Crippen LogP contribution in [0.2, 0.25) is 0 Å². The van der Waals surface area contributed by atoms with Crippen molar-refractivity contribution in [2.24, 2.45) is 0 Å². The third-order valence-electron chi connectivity index (χ3n) is 5.56. The number of thioether (sulfide) groups is 1. The first kappa shape index (κ1) is 27.8. The van der Waals surface area contributed by atoms with Crippen molar-refractivity contribution in [2.75, 3.05) is 25.3 Å². The van der Waals surface area contributed by atoms with Crippen molar-refractivity contribution in [3.05, 3.63) is 65.5 Å². The van der Waals surface area contributed by atoms with Gasteiger partial charge in [-0.3, -0.25) is 9.59 Å². The summed E-state index contributed by atoms with van der Waals surface area (Å²) in [5.74, 6) is 2.07. The van der Waals surface area contributed by atoms with E-state index in [9.17, 15) is 9.59 Å². The molecule has 10 heteroatoms. The van der Waals surface area contributed by atoms with Crippen molar-refractivity contribution in [1.29, 1.82) is 0 Å². The molecule has 0 saturated heterocycles. The number of ether oxygens (including phenoxy) is 2. The molecule has 0 unspecified atom stereocenters. The van der Waals surface area contributed by atoms with E-state index in [0.29, 0.717) is 34.9 Å². The van der Waals surface area contributed by atoms with Gasteiger partial charge >= 0.3 is 0 Å². The van der Waals surface area contributed by atoms with Crippen LogP contribution < -0.4 is 20.1 Å². The Hall–Kier alpha value is -3.79. The zero-order valence-corrected chi connectivity index (χ0v) is 22.6. The molecule has 37 heavy (non-hydrogen) atoms. The summed E-state index contributed by atoms with van der Waals surface area (Å²) in [5.41, 5.74) is 2.79. The zero-order chi connectivity index (χ0) is 26.8. The normalized spacial score (nSPS) is 11.1. The van der Waals surface area contributed by atoms with Crippen LogP contribution in [0.4, 0.5) is 5.69 Å². The number of hydrogen-bond donors (Lipinski definition) is 2. The molecule has 2 amide bonds. The van der Waals surface area contributed by atoms with Gasteiger partial charge in [-0.1, -0.05) is 43.8 Å². The van der Waals surface area contributed by atoms with Crippen LogP contribution in [0.25, 0.3) is 6.08 Å². The third-order valence-corrected chi connectivity index (χ3v) is 6.53. The summed E-state index contributed by atoms with van der Waals surface area (Å²) in [6.07, 6.45) is 3.14. The third kappa shape index (κ3) is 7.85. The second-order valence-electron chi connectivity index (χ2n) is 8.42. The highest BCUT2D eigenvalue weighted by Crippen LogP contribution is 2.28. The molecule has 0 spiro atoms. The van der Waals surface area contributed by atoms with Crippen LogP contribution in [0.5, 0.6) is 11.5 Å². The molecule has 1 heterocycles. The predicted octanol–water partition coefficient (Wildman–Crippen LogP) is 4.50. The lowest BCUT2D eigenvalue weighted by molar-refractivity contribution is -0.116. The van der Waals surface area contributed by atoms with Gasteiger partial charge in [-0.2, -0.15) is 0 Å². The molecular weight excluding hydrogens is 490 g/mol. The molecule has 0 aliphatic rings. The largest absolute Gasteiger partial charge is 0.493 e. The Kier molecular flexibility index (Phi) is 10.1. The van der Waals surface area contributed by atoms with Gasteiger partial charge in [0, 0.05) is 18.3 Å². The number of hydrogen-bond acceptors (Lipinski definition) is 7. The van der Waals surface area contributed by atoms with Gasteiger partial charge in [-0.05, 0) is 54.3 Å². The second kappa shape index (κ2) is 13.5. The zero-order valence-electron chi connectivity index (χ0n) is 21.8. The van der Waals surface area contributed by atoms with E-state index in [0.717, 1.165) is 11.3 Å². The molecule has 0 saturated carbocycles. The molecule has 2 aromatic carbocycles. The van der Waals surface area contributed by atoms with Crippen LogP contribution in [-0.4, -0.2) is 46.6 Å². The Bertz CT molecular complexity index is 1240. The Morgan fingerprint density at radius 2 is 1.78 bits per heavy atom. The lowest BCUT2D eigenvalue weighted by Crippen LogP contribution is -2.22. The summed E-state index contributed by atoms with van der Waals surface area (Å²) in [4.78, 5) is 24.8. The molecule has 0 bridgehead atoms. The van der Waals surface area contributed by atoms with Gasteiger partial charge in [0.1, 0.15) is 0 Å². The molecule has 196 valence electrons. The van der Waals surface area contributed by atoms with Crippen molar-refractivity contribution < 1.29 is 19.1 Å². The first-order valence-electron chi connectivity index (χ1n) is 12.0. The molecule has 0 fully saturated rings. The molecule has 0 aliphatic heterocycles. The average Bonchev–Trinajstić information content (AvgIpc) is 3.31. The van der Waals surface area contributed by atoms with Crippen LogP contribution in [0.1, 0.15) is 43.6 Å². The summed E-state index contributed by atoms with van der Waals surface area (Å²) in [6.45, 7) is 7.05. The Morgan fingerprint density at radius 1 is 1.05 bits per heavy atom. The maximum Gasteiger partial charge on any atom is 0.244 e. The number of amides is 2. The van der Waals surface area contributed by atoms with Crippen LogP contribution >= 0.6 is 11.8 Å². The lowest BCUT2D eigenvalue weighted by Gasteiger charge is -2.09. The number of nitrogens with zero attached hydrogens (tertiary/aromatic N) is 3. The molecule has 0 atom stereocenters. The molecule has 1 aromatic heterocycles. The van der Waals surface area contributed by atoms with E-state index < -0.39 is 0 Å². The highest BCUT2D eigenvalue weighted by Gasteiger charge is 2.14. The molecule has 3 aromatic rings. The maximum absolute atomic E-state index is 12.4. The predicted molar refractivity (Wildman–Crippen MR) is 146 cm³/mol. The minimum atomic E-state index is -0.266. The molecule has 3 rings (SSSR count). The smallest absolute Gasteiger partial charge is 0.244 e. The molecule has 0 radical (unpaired) electrons. The number of carbonyl (C=O) groups is 2. The molecule has 9 nitrogen and oxygen atoms in total. The molecule has 2 N–H and O–H groups in total. The van der Waals surface area contributed by atoms with Crippen molar-refractivity contribution >= 4 is 35.3 Å². The summed E-state index contributed by atoms with van der Waals surface area (Å²) < 4.78 is 12.4. The van der Waals surface area contributed by atoms with Gasteiger partial charge in [0.2, 0.25) is 11.8 Å². The molecule has 0 aliphatic carbocycles. The molecular formula is C27H33N5O4S. The highest BCUT2D eigenvalue weighted by molar-refractivity contribution is 7.99. The van der Waals surface area contributed by atoms with Gasteiger partial charge in [-0.15, -0.1) is 10.2 Å². The van der Waals surface area contributed by atoms with Gasteiger partial charge in [0.05, 0.1) is 26.5 Å². The minimum Gasteiger partial charge on any atom is -0.493 e. The van der Waals surface area contributed by atoms with Gasteiger partial charge in [0.15, 0.2) is 22.5 Å². The van der Waals surface area contributed by atoms with Crippen LogP contribution in [0.3, 0.4) is 0 Å². The van der Waals surface area contributed by atoms with E-state index in [1.54, 1.807) is 32.4 Å². The summed E-state index contributed by atoms with van der Waals surface area (Å²) >= 11 is 1.30. The average molecular weight is 524 g/mol. The quantitative estimate of drug-likeness (QED) is 0.266. The van der Waals surface area contributed by atoms with E-state index in [1.807, 2.05) is 41.8 Å². The highest BCUT2D eigenvalue weighted by atomic mass is 32.2. The van der Waals surface area contributed by atoms with E-state index in [-0.39, 0.29) is 24.1 Å². The van der Waals surface area contributed by atoms with Gasteiger partial charge in [-0.25, -0.2) is 0 Å². The van der Waals surface area contributed by atoms with E-state index >= 15 is 0 Å². The first-order valence-corrected chi connectivity index (χ1v) is 13.0. The first-order chi connectivity index (χ1) is 17.8. The number of anilines is 1. The Morgan fingerprint density at radius 3 is 2.43 bits per heavy atom. The standard InChI is InChI=1S/C27H33N5O4S/c1-6-32-24(16-28-25(33)14-8-19-7-13-22(35-4)23(15-19)36-5)30-31-27(32)37-17-26(34)29-21-11-9-20(10-12-21)18(2)3/h7-15,18H,6,16-17H2,1-5H3,(H,28,33)(H,29,34). The number of benzene rings is 2. The monoisotopic (exact) mass is 523 g/mol. The van der Waals surface area contributed by atoms with Crippen molar-refractivity contribution in [3.8, 4) is 11.5 Å². The fraction of sp³-hybridized carbons (Fsp3) is 0.333. The van der Waals surface area contributed by atoms with Crippen molar-refractivity contribution in [3.63, 3.8) is 0 Å². The van der Waals surface area contributed by atoms with E-state index in [2.05, 4.69) is 34.7 Å². The Labute approximate surface area is 221 Å². The van der Waals surface area contributed by atoms with Crippen LogP contribution in [-0.2, 0) is 22.7 Å². The number of rotatable bonds is 12. The van der Waals surface area contributed by atoms with Crippen LogP contribution in [0.15, 0.2) is 53.7 Å². The number of aromatic nitrogens is 3. The number of methoxy groups -OCH3 is 2. The second-order valence-corrected chi connectivity index (χ2v) is 9.36. The topological polar surface area (TPSA) is 107 Å². The van der Waals surface area contributed by atoms with Gasteiger partial charge in [0.25, 0.3) is 0 Å². The fourth-order valence-corrected chi connectivity index (χ4v) is 4.33. The summed E-state index contributed by atoms with van der Waals surface area (Å²) in [5, 5.41) is 14.8. The number of carbonyl (C=O) groups excluding carboxylic acids is 2. The van der Waals surface area contributed by atoms with E-state index in [1.165, 1.54) is 23.4 Å². The maximum atomic E-state index is 12.4. The fourth-order valence-electron chi connectivity index (χ4n) is 3.51. The number of nitrogens with one attached hydrogen (secondary N) is 2. The lowest BCUT2D eigenvalue weighted by atomic mass is 10.0. The van der Waals surface area contributed by atoms with Crippen LogP contribution in [0, 0.1) is 0 Å². The van der Waals surface area contributed by atoms with Crippen molar-refractivity contribution in [1.82, 2.24) is 20.1 Å². The SMILES string of the molecule is CCn1c(CNC(=O)C=Cc2ccc(OC)c(OC)c2)nnc1SCC(=O)Nc1ccc(C(C)C)cc1. The summed E-state index contributed by atoms with van der Waals surface area (Å²) in [7, 11) is 3.13. The Balaban J connectivity index is 1.52. The van der Waals surface area contributed by atoms with Crippen molar-refractivity contribution in [2.45, 2.75) is 44.9 Å². The van der Waals surface area contributed by atoms with E-state index in [4.69, 9.17) is 9.47 Å². The summed E-state index contributed by atoms with van der Waals surface area (Å²) in [6, 6.07) is 13.3.